The van der Waals surface area contributed by atoms with Crippen molar-refractivity contribution < 1.29 is 9.53 Å². The van der Waals surface area contributed by atoms with Gasteiger partial charge in [-0.05, 0) is 30.9 Å². The van der Waals surface area contributed by atoms with Crippen molar-refractivity contribution in [1.82, 2.24) is 10.2 Å². The van der Waals surface area contributed by atoms with E-state index >= 15 is 0 Å². The van der Waals surface area contributed by atoms with Crippen LogP contribution in [0.15, 0.2) is 18.2 Å². The van der Waals surface area contributed by atoms with Gasteiger partial charge in [0.2, 0.25) is 0 Å². The maximum atomic E-state index is 12.8. The van der Waals surface area contributed by atoms with Crippen LogP contribution in [0.2, 0.25) is 0 Å². The largest absolute Gasteiger partial charge is 0.492 e. The van der Waals surface area contributed by atoms with Crippen LogP contribution in [-0.4, -0.2) is 42.6 Å². The first kappa shape index (κ1) is 14.0. The molecule has 1 aliphatic carbocycles. The van der Waals surface area contributed by atoms with Crippen LogP contribution in [0.1, 0.15) is 35.2 Å². The summed E-state index contributed by atoms with van der Waals surface area (Å²) in [6, 6.07) is 5.80. The molecule has 0 radical (unpaired) electrons. The fraction of sp³-hybridized carbons (Fsp3) is 0.588. The smallest absolute Gasteiger partial charge is 0.254 e. The second kappa shape index (κ2) is 5.25. The highest BCUT2D eigenvalue weighted by Gasteiger charge is 2.48. The second-order valence-electron chi connectivity index (χ2n) is 6.86. The van der Waals surface area contributed by atoms with E-state index in [0.29, 0.717) is 24.6 Å². The number of ether oxygens (including phenoxy) is 1. The lowest BCUT2D eigenvalue weighted by Crippen LogP contribution is -2.44. The molecule has 2 unspecified atom stereocenters. The van der Waals surface area contributed by atoms with Crippen molar-refractivity contribution in [2.45, 2.75) is 31.3 Å². The van der Waals surface area contributed by atoms with Gasteiger partial charge in [-0.25, -0.2) is 0 Å². The van der Waals surface area contributed by atoms with Crippen LogP contribution in [0.25, 0.3) is 0 Å². The van der Waals surface area contributed by atoms with E-state index in [1.165, 1.54) is 6.42 Å². The molecule has 2 heterocycles. The van der Waals surface area contributed by atoms with Crippen molar-refractivity contribution in [2.75, 3.05) is 26.2 Å². The fourth-order valence-corrected chi connectivity index (χ4v) is 4.10. The SMILES string of the molecule is NC12CCCC1CN(C(=O)c1ccc3c(c1)OCCNC3)C2. The van der Waals surface area contributed by atoms with Crippen molar-refractivity contribution >= 4 is 5.91 Å². The fourth-order valence-electron chi connectivity index (χ4n) is 4.10. The Hall–Kier alpha value is -1.59. The van der Waals surface area contributed by atoms with Crippen LogP contribution in [0.4, 0.5) is 0 Å². The molecule has 1 amide bonds. The molecule has 0 aromatic heterocycles. The van der Waals surface area contributed by atoms with Crippen molar-refractivity contribution in [1.29, 1.82) is 0 Å². The normalized spacial score (nSPS) is 30.4. The van der Waals surface area contributed by atoms with Gasteiger partial charge in [0.15, 0.2) is 0 Å². The quantitative estimate of drug-likeness (QED) is 0.816. The van der Waals surface area contributed by atoms with Crippen LogP contribution in [-0.2, 0) is 6.54 Å². The minimum atomic E-state index is -0.151. The molecule has 1 saturated carbocycles. The molecule has 22 heavy (non-hydrogen) atoms. The molecule has 0 bridgehead atoms. The molecular weight excluding hydrogens is 278 g/mol. The Bertz CT molecular complexity index is 604. The molecule has 1 saturated heterocycles. The molecule has 3 N–H and O–H groups in total. The Morgan fingerprint density at radius 1 is 1.45 bits per heavy atom. The number of amides is 1. The summed E-state index contributed by atoms with van der Waals surface area (Å²) >= 11 is 0. The summed E-state index contributed by atoms with van der Waals surface area (Å²) in [4.78, 5) is 14.7. The van der Waals surface area contributed by atoms with Gasteiger partial charge in [0, 0.05) is 42.8 Å². The number of nitrogens with two attached hydrogens (primary N) is 1. The van der Waals surface area contributed by atoms with Crippen molar-refractivity contribution in [3.8, 4) is 5.75 Å². The lowest BCUT2D eigenvalue weighted by atomic mass is 9.92. The topological polar surface area (TPSA) is 67.6 Å². The highest BCUT2D eigenvalue weighted by molar-refractivity contribution is 5.95. The number of carbonyl (C=O) groups excluding carboxylic acids is 1. The summed E-state index contributed by atoms with van der Waals surface area (Å²) < 4.78 is 5.74. The Balaban J connectivity index is 1.55. The van der Waals surface area contributed by atoms with Crippen LogP contribution < -0.4 is 15.8 Å². The van der Waals surface area contributed by atoms with E-state index in [2.05, 4.69) is 5.32 Å². The summed E-state index contributed by atoms with van der Waals surface area (Å²) in [5.41, 5.74) is 8.15. The van der Waals surface area contributed by atoms with Gasteiger partial charge in [-0.15, -0.1) is 0 Å². The second-order valence-corrected chi connectivity index (χ2v) is 6.86. The van der Waals surface area contributed by atoms with E-state index in [9.17, 15) is 4.79 Å². The van der Waals surface area contributed by atoms with E-state index in [1.54, 1.807) is 0 Å². The molecule has 2 atom stereocenters. The standard InChI is InChI=1S/C17H23N3O2/c18-17-5-1-2-14(17)10-20(11-17)16(21)12-3-4-13-9-19-6-7-22-15(13)8-12/h3-4,8,14,19H,1-2,5-7,9-11,18H2. The number of hydrogen-bond donors (Lipinski definition) is 2. The Kier molecular flexibility index (Phi) is 3.35. The maximum Gasteiger partial charge on any atom is 0.254 e. The molecule has 4 rings (SSSR count). The van der Waals surface area contributed by atoms with Crippen molar-refractivity contribution in [3.63, 3.8) is 0 Å². The van der Waals surface area contributed by atoms with E-state index in [-0.39, 0.29) is 11.4 Å². The number of fused-ring (bicyclic) bond motifs is 2. The number of carbonyl (C=O) groups is 1. The predicted molar refractivity (Wildman–Crippen MR) is 83.8 cm³/mol. The van der Waals surface area contributed by atoms with Gasteiger partial charge >= 0.3 is 0 Å². The lowest BCUT2D eigenvalue weighted by Gasteiger charge is -2.23. The molecule has 2 aliphatic heterocycles. The molecular formula is C17H23N3O2. The molecule has 5 nitrogen and oxygen atoms in total. The van der Waals surface area contributed by atoms with E-state index in [0.717, 1.165) is 43.8 Å². The summed E-state index contributed by atoms with van der Waals surface area (Å²) in [6.07, 6.45) is 3.39. The van der Waals surface area contributed by atoms with E-state index < -0.39 is 0 Å². The van der Waals surface area contributed by atoms with Gasteiger partial charge < -0.3 is 20.7 Å². The zero-order valence-corrected chi connectivity index (χ0v) is 12.8. The lowest BCUT2D eigenvalue weighted by molar-refractivity contribution is 0.0777. The van der Waals surface area contributed by atoms with Gasteiger partial charge in [-0.3, -0.25) is 4.79 Å². The van der Waals surface area contributed by atoms with Crippen molar-refractivity contribution in [3.05, 3.63) is 29.3 Å². The molecule has 2 fully saturated rings. The molecule has 1 aromatic carbocycles. The number of nitrogens with zero attached hydrogens (tertiary/aromatic N) is 1. The highest BCUT2D eigenvalue weighted by Crippen LogP contribution is 2.40. The van der Waals surface area contributed by atoms with Crippen LogP contribution >= 0.6 is 0 Å². The Morgan fingerprint density at radius 3 is 3.23 bits per heavy atom. The van der Waals surface area contributed by atoms with E-state index in [1.807, 2.05) is 23.1 Å². The third-order valence-electron chi connectivity index (χ3n) is 5.39. The zero-order valence-electron chi connectivity index (χ0n) is 12.8. The minimum absolute atomic E-state index is 0.0860. The number of likely N-dealkylation sites (tertiary alicyclic amines) is 1. The predicted octanol–water partition coefficient (Wildman–Crippen LogP) is 1.12. The highest BCUT2D eigenvalue weighted by atomic mass is 16.5. The number of nitrogens with one attached hydrogen (secondary N) is 1. The summed E-state index contributed by atoms with van der Waals surface area (Å²) in [7, 11) is 0. The van der Waals surface area contributed by atoms with Crippen LogP contribution in [0, 0.1) is 5.92 Å². The third-order valence-corrected chi connectivity index (χ3v) is 5.39. The van der Waals surface area contributed by atoms with Crippen LogP contribution in [0.3, 0.4) is 0 Å². The average molecular weight is 301 g/mol. The first-order valence-electron chi connectivity index (χ1n) is 8.20. The van der Waals surface area contributed by atoms with Crippen molar-refractivity contribution in [2.24, 2.45) is 11.7 Å². The number of rotatable bonds is 1. The average Bonchev–Trinajstić information content (AvgIpc) is 2.91. The van der Waals surface area contributed by atoms with E-state index in [4.69, 9.17) is 10.5 Å². The molecule has 1 aromatic rings. The third kappa shape index (κ3) is 2.29. The molecule has 118 valence electrons. The number of benzene rings is 1. The summed E-state index contributed by atoms with van der Waals surface area (Å²) in [5, 5.41) is 3.30. The number of hydrogen-bond acceptors (Lipinski definition) is 4. The minimum Gasteiger partial charge on any atom is -0.492 e. The molecule has 0 spiro atoms. The zero-order chi connectivity index (χ0) is 15.2. The van der Waals surface area contributed by atoms with Gasteiger partial charge in [0.1, 0.15) is 12.4 Å². The van der Waals surface area contributed by atoms with Gasteiger partial charge in [0.05, 0.1) is 0 Å². The van der Waals surface area contributed by atoms with Gasteiger partial charge in [-0.2, -0.15) is 0 Å². The molecule has 5 heteroatoms. The summed E-state index contributed by atoms with van der Waals surface area (Å²) in [5.74, 6) is 1.39. The first-order chi connectivity index (χ1) is 10.7. The first-order valence-corrected chi connectivity index (χ1v) is 8.20. The van der Waals surface area contributed by atoms with Gasteiger partial charge in [0.25, 0.3) is 5.91 Å². The van der Waals surface area contributed by atoms with Crippen LogP contribution in [0.5, 0.6) is 5.75 Å². The monoisotopic (exact) mass is 301 g/mol. The molecule has 3 aliphatic rings. The Morgan fingerprint density at radius 2 is 2.36 bits per heavy atom. The summed E-state index contributed by atoms with van der Waals surface area (Å²) in [6.45, 7) is 3.76. The Labute approximate surface area is 130 Å². The maximum absolute atomic E-state index is 12.8. The van der Waals surface area contributed by atoms with Gasteiger partial charge in [-0.1, -0.05) is 12.5 Å².